The zero-order valence-corrected chi connectivity index (χ0v) is 23.1. The van der Waals surface area contributed by atoms with Gasteiger partial charge in [-0.1, -0.05) is 59.6 Å². The van der Waals surface area contributed by atoms with Crippen molar-refractivity contribution in [2.24, 2.45) is 0 Å². The number of rotatable bonds is 9. The molecule has 8 heteroatoms. The summed E-state index contributed by atoms with van der Waals surface area (Å²) < 4.78 is 5.96. The predicted molar refractivity (Wildman–Crippen MR) is 151 cm³/mol. The number of hydrogen-bond acceptors (Lipinski definition) is 5. The maximum atomic E-state index is 13.3. The van der Waals surface area contributed by atoms with E-state index < -0.39 is 17.7 Å². The number of Topliss-reactive ketones (excluding diaryl/α,β-unsaturated/α-hetero) is 1. The standard InChI is InChI=1S/C30H30Cl2N2O4/c1-19-16-22(11-13-25(19)38-18-20-8-5-4-6-9-20)28(35)26-27(21-10-12-23(31)24(32)17-21)34(30(37)29(26)36)15-7-14-33(2)3/h4-6,8-13,16-17,27,35H,7,14-15,18H2,1-3H3/b28-26+/t27-/m0/s1. The van der Waals surface area contributed by atoms with Crippen molar-refractivity contribution in [3.63, 3.8) is 0 Å². The Morgan fingerprint density at radius 1 is 1.00 bits per heavy atom. The molecule has 1 saturated heterocycles. The summed E-state index contributed by atoms with van der Waals surface area (Å²) in [6, 6.07) is 19.2. The van der Waals surface area contributed by atoms with Crippen molar-refractivity contribution in [1.29, 1.82) is 0 Å². The number of carbonyl (C=O) groups is 2. The summed E-state index contributed by atoms with van der Waals surface area (Å²) in [5.74, 6) is -0.964. The van der Waals surface area contributed by atoms with Gasteiger partial charge in [-0.05, 0) is 81.0 Å². The van der Waals surface area contributed by atoms with Gasteiger partial charge < -0.3 is 19.6 Å². The van der Waals surface area contributed by atoms with Crippen molar-refractivity contribution >= 4 is 40.7 Å². The lowest BCUT2D eigenvalue weighted by molar-refractivity contribution is -0.139. The van der Waals surface area contributed by atoms with Crippen LogP contribution in [0, 0.1) is 6.92 Å². The molecule has 1 aliphatic heterocycles. The van der Waals surface area contributed by atoms with Crippen LogP contribution in [0.1, 0.15) is 34.7 Å². The Morgan fingerprint density at radius 2 is 1.74 bits per heavy atom. The molecule has 1 fully saturated rings. The summed E-state index contributed by atoms with van der Waals surface area (Å²) in [4.78, 5) is 29.9. The highest BCUT2D eigenvalue weighted by molar-refractivity contribution is 6.46. The van der Waals surface area contributed by atoms with Gasteiger partial charge in [-0.15, -0.1) is 0 Å². The normalized spacial score (nSPS) is 16.9. The first-order chi connectivity index (χ1) is 18.2. The number of halogens is 2. The van der Waals surface area contributed by atoms with E-state index in [4.69, 9.17) is 27.9 Å². The number of likely N-dealkylation sites (tertiary alicyclic amines) is 1. The fourth-order valence-corrected chi connectivity index (χ4v) is 4.85. The number of carbonyl (C=O) groups excluding carboxylic acids is 2. The van der Waals surface area contributed by atoms with Crippen molar-refractivity contribution < 1.29 is 19.4 Å². The number of amides is 1. The summed E-state index contributed by atoms with van der Waals surface area (Å²) in [5.41, 5.74) is 2.87. The van der Waals surface area contributed by atoms with Crippen LogP contribution in [-0.4, -0.2) is 53.8 Å². The zero-order chi connectivity index (χ0) is 27.4. The van der Waals surface area contributed by atoms with Gasteiger partial charge in [0.1, 0.15) is 18.1 Å². The molecule has 0 aliphatic carbocycles. The minimum Gasteiger partial charge on any atom is -0.507 e. The van der Waals surface area contributed by atoms with Crippen LogP contribution in [0.3, 0.4) is 0 Å². The molecule has 0 saturated carbocycles. The Morgan fingerprint density at radius 3 is 2.39 bits per heavy atom. The average molecular weight is 553 g/mol. The fourth-order valence-electron chi connectivity index (χ4n) is 4.55. The van der Waals surface area contributed by atoms with Gasteiger partial charge in [0.15, 0.2) is 0 Å². The molecule has 1 heterocycles. The Bertz CT molecular complexity index is 1370. The third-order valence-corrected chi connectivity index (χ3v) is 7.23. The summed E-state index contributed by atoms with van der Waals surface area (Å²) >= 11 is 12.4. The predicted octanol–water partition coefficient (Wildman–Crippen LogP) is 6.25. The van der Waals surface area contributed by atoms with Crippen molar-refractivity contribution in [2.45, 2.75) is 26.0 Å². The van der Waals surface area contributed by atoms with Crippen LogP contribution < -0.4 is 4.74 Å². The van der Waals surface area contributed by atoms with Crippen molar-refractivity contribution in [1.82, 2.24) is 9.80 Å². The zero-order valence-electron chi connectivity index (χ0n) is 21.6. The van der Waals surface area contributed by atoms with Crippen molar-refractivity contribution in [2.75, 3.05) is 27.2 Å². The first kappa shape index (κ1) is 27.7. The molecule has 1 atom stereocenters. The van der Waals surface area contributed by atoms with Gasteiger partial charge in [0.2, 0.25) is 0 Å². The van der Waals surface area contributed by atoms with E-state index in [0.29, 0.717) is 46.5 Å². The number of benzene rings is 3. The maximum Gasteiger partial charge on any atom is 0.295 e. The molecule has 3 aromatic rings. The molecule has 0 radical (unpaired) electrons. The van der Waals surface area contributed by atoms with Crippen LogP contribution in [0.25, 0.3) is 5.76 Å². The summed E-state index contributed by atoms with van der Waals surface area (Å²) in [5, 5.41) is 12.1. The average Bonchev–Trinajstić information content (AvgIpc) is 3.14. The van der Waals surface area contributed by atoms with E-state index in [1.807, 2.05) is 56.3 Å². The van der Waals surface area contributed by atoms with Gasteiger partial charge in [-0.2, -0.15) is 0 Å². The smallest absolute Gasteiger partial charge is 0.295 e. The first-order valence-corrected chi connectivity index (χ1v) is 13.1. The molecule has 198 valence electrons. The molecule has 6 nitrogen and oxygen atoms in total. The molecule has 0 aromatic heterocycles. The molecule has 1 aliphatic rings. The second-order valence-corrected chi connectivity index (χ2v) is 10.4. The van der Waals surface area contributed by atoms with E-state index in [9.17, 15) is 14.7 Å². The summed E-state index contributed by atoms with van der Waals surface area (Å²) in [6.45, 7) is 3.35. The largest absolute Gasteiger partial charge is 0.507 e. The molecule has 0 unspecified atom stereocenters. The molecular formula is C30H30Cl2N2O4. The third-order valence-electron chi connectivity index (χ3n) is 6.49. The molecule has 0 spiro atoms. The van der Waals surface area contributed by atoms with Gasteiger partial charge in [0.05, 0.1) is 21.7 Å². The van der Waals surface area contributed by atoms with Gasteiger partial charge in [0.25, 0.3) is 11.7 Å². The highest BCUT2D eigenvalue weighted by atomic mass is 35.5. The quantitative estimate of drug-likeness (QED) is 0.193. The first-order valence-electron chi connectivity index (χ1n) is 12.3. The second-order valence-electron chi connectivity index (χ2n) is 9.58. The number of aliphatic hydroxyl groups is 1. The number of aryl methyl sites for hydroxylation is 1. The van der Waals surface area contributed by atoms with Gasteiger partial charge in [-0.25, -0.2) is 0 Å². The van der Waals surface area contributed by atoms with Crippen LogP contribution in [0.2, 0.25) is 10.0 Å². The molecule has 3 aromatic carbocycles. The van der Waals surface area contributed by atoms with Crippen LogP contribution in [0.5, 0.6) is 5.75 Å². The molecule has 4 rings (SSSR count). The van der Waals surface area contributed by atoms with E-state index in [0.717, 1.165) is 17.7 Å². The van der Waals surface area contributed by atoms with Gasteiger partial charge in [0, 0.05) is 12.1 Å². The highest BCUT2D eigenvalue weighted by Crippen LogP contribution is 2.41. The summed E-state index contributed by atoms with van der Waals surface area (Å²) in [6.07, 6.45) is 0.657. The Kier molecular flexibility index (Phi) is 8.77. The van der Waals surface area contributed by atoms with E-state index in [2.05, 4.69) is 0 Å². The van der Waals surface area contributed by atoms with Crippen LogP contribution >= 0.6 is 23.2 Å². The van der Waals surface area contributed by atoms with E-state index >= 15 is 0 Å². The van der Waals surface area contributed by atoms with Crippen molar-refractivity contribution in [3.05, 3.63) is 105 Å². The molecular weight excluding hydrogens is 523 g/mol. The lowest BCUT2D eigenvalue weighted by atomic mass is 9.94. The van der Waals surface area contributed by atoms with Crippen molar-refractivity contribution in [3.8, 4) is 5.75 Å². The SMILES string of the molecule is Cc1cc(/C(O)=C2\C(=O)C(=O)N(CCCN(C)C)[C@H]2c2ccc(Cl)c(Cl)c2)ccc1OCc1ccccc1. The summed E-state index contributed by atoms with van der Waals surface area (Å²) in [7, 11) is 3.89. The second kappa shape index (κ2) is 12.0. The van der Waals surface area contributed by atoms with Gasteiger partial charge >= 0.3 is 0 Å². The molecule has 1 amide bonds. The third kappa shape index (κ3) is 6.04. The molecule has 0 bridgehead atoms. The Hall–Kier alpha value is -3.32. The van der Waals surface area contributed by atoms with E-state index in [1.54, 1.807) is 36.4 Å². The minimum absolute atomic E-state index is 0.0237. The van der Waals surface area contributed by atoms with E-state index in [-0.39, 0.29) is 11.3 Å². The monoisotopic (exact) mass is 552 g/mol. The Balaban J connectivity index is 1.70. The van der Waals surface area contributed by atoms with Crippen LogP contribution in [-0.2, 0) is 16.2 Å². The fraction of sp³-hybridized carbons (Fsp3) is 0.267. The number of ether oxygens (including phenoxy) is 1. The highest BCUT2D eigenvalue weighted by Gasteiger charge is 2.46. The Labute approximate surface area is 233 Å². The number of hydrogen-bond donors (Lipinski definition) is 1. The number of aliphatic hydroxyl groups excluding tert-OH is 1. The number of ketones is 1. The van der Waals surface area contributed by atoms with Crippen LogP contribution in [0.15, 0.2) is 72.3 Å². The van der Waals surface area contributed by atoms with Gasteiger partial charge in [-0.3, -0.25) is 9.59 Å². The van der Waals surface area contributed by atoms with Crippen LogP contribution in [0.4, 0.5) is 0 Å². The minimum atomic E-state index is -0.791. The maximum absolute atomic E-state index is 13.3. The lowest BCUT2D eigenvalue weighted by Crippen LogP contribution is -2.32. The molecule has 1 N–H and O–H groups in total. The lowest BCUT2D eigenvalue weighted by Gasteiger charge is -2.26. The topological polar surface area (TPSA) is 70.1 Å². The number of nitrogens with zero attached hydrogens (tertiary/aromatic N) is 2. The van der Waals surface area contributed by atoms with E-state index in [1.165, 1.54) is 4.90 Å². The molecule has 38 heavy (non-hydrogen) atoms.